The third kappa shape index (κ3) is 6.15. The summed E-state index contributed by atoms with van der Waals surface area (Å²) in [6.07, 6.45) is 8.57. The topological polar surface area (TPSA) is 122 Å². The summed E-state index contributed by atoms with van der Waals surface area (Å²) in [4.78, 5) is 16.3. The van der Waals surface area contributed by atoms with Crippen LogP contribution in [0.5, 0.6) is 0 Å². The summed E-state index contributed by atoms with van der Waals surface area (Å²) in [6.45, 7) is 2.86. The van der Waals surface area contributed by atoms with Crippen molar-refractivity contribution in [3.05, 3.63) is 65.7 Å². The zero-order chi connectivity index (χ0) is 26.3. The Morgan fingerprint density at radius 3 is 2.47 bits per heavy atom. The molecule has 1 aliphatic rings. The lowest BCUT2D eigenvalue weighted by Crippen LogP contribution is -2.23. The third-order valence-electron chi connectivity index (χ3n) is 7.59. The smallest absolute Gasteiger partial charge is 0.306 e. The molecular weight excluding hydrogens is 478 g/mol. The number of benzene rings is 2. The molecule has 0 radical (unpaired) electrons. The molecule has 9 heteroatoms. The van der Waals surface area contributed by atoms with Crippen molar-refractivity contribution in [2.75, 3.05) is 0 Å². The first-order valence-electron chi connectivity index (χ1n) is 13.7. The quantitative estimate of drug-likeness (QED) is 0.260. The average molecular weight is 514 g/mol. The van der Waals surface area contributed by atoms with Crippen molar-refractivity contribution in [2.45, 2.75) is 71.3 Å². The molecule has 2 N–H and O–H groups in total. The van der Waals surface area contributed by atoms with Gasteiger partial charge in [0, 0.05) is 18.4 Å². The lowest BCUT2D eigenvalue weighted by Gasteiger charge is -2.25. The Balaban J connectivity index is 1.32. The Hall–Kier alpha value is -3.88. The molecule has 198 valence electrons. The predicted octanol–water partition coefficient (Wildman–Crippen LogP) is 5.34. The Kier molecular flexibility index (Phi) is 8.21. The van der Waals surface area contributed by atoms with Crippen LogP contribution in [0.1, 0.15) is 69.1 Å². The van der Waals surface area contributed by atoms with Gasteiger partial charge in [0.1, 0.15) is 5.82 Å². The second-order valence-corrected chi connectivity index (χ2v) is 10.3. The molecule has 2 aromatic carbocycles. The van der Waals surface area contributed by atoms with Gasteiger partial charge in [-0.25, -0.2) is 14.8 Å². The van der Waals surface area contributed by atoms with Crippen LogP contribution in [0.25, 0.3) is 22.5 Å². The van der Waals surface area contributed by atoms with Crippen molar-refractivity contribution in [2.24, 2.45) is 11.8 Å². The van der Waals surface area contributed by atoms with E-state index in [1.807, 2.05) is 18.2 Å². The van der Waals surface area contributed by atoms with Gasteiger partial charge in [0.25, 0.3) is 0 Å². The van der Waals surface area contributed by atoms with Gasteiger partial charge in [-0.3, -0.25) is 4.79 Å². The van der Waals surface area contributed by atoms with Gasteiger partial charge >= 0.3 is 5.97 Å². The summed E-state index contributed by atoms with van der Waals surface area (Å²) in [5.74, 6) is 2.18. The van der Waals surface area contributed by atoms with Crippen LogP contribution < -0.4 is 0 Å². The third-order valence-corrected chi connectivity index (χ3v) is 7.59. The number of rotatable bonds is 11. The Bertz CT molecular complexity index is 1320. The van der Waals surface area contributed by atoms with E-state index in [2.05, 4.69) is 62.6 Å². The molecule has 1 aliphatic carbocycles. The molecule has 0 atom stereocenters. The minimum Gasteiger partial charge on any atom is -0.481 e. The highest BCUT2D eigenvalue weighted by Gasteiger charge is 2.27. The molecule has 38 heavy (non-hydrogen) atoms. The van der Waals surface area contributed by atoms with Gasteiger partial charge in [-0.15, -0.1) is 5.10 Å². The predicted molar refractivity (Wildman–Crippen MR) is 144 cm³/mol. The van der Waals surface area contributed by atoms with E-state index >= 15 is 0 Å². The molecule has 4 aromatic rings. The van der Waals surface area contributed by atoms with Crippen molar-refractivity contribution < 1.29 is 9.90 Å². The molecule has 0 amide bonds. The van der Waals surface area contributed by atoms with Crippen molar-refractivity contribution in [3.63, 3.8) is 0 Å². The van der Waals surface area contributed by atoms with Crippen molar-refractivity contribution in [3.8, 4) is 22.5 Å². The number of carboxylic acid groups (broad SMARTS) is 1. The molecular formula is C29H35N7O2. The summed E-state index contributed by atoms with van der Waals surface area (Å²) in [5.41, 5.74) is 4.27. The summed E-state index contributed by atoms with van der Waals surface area (Å²) in [7, 11) is 0. The number of aliphatic carboxylic acids is 1. The number of aromatic nitrogens is 7. The molecule has 0 saturated heterocycles. The number of nitrogens with zero attached hydrogens (tertiary/aromatic N) is 6. The summed E-state index contributed by atoms with van der Waals surface area (Å²) < 4.78 is 2.06. The van der Waals surface area contributed by atoms with E-state index in [0.717, 1.165) is 78.8 Å². The molecule has 2 aromatic heterocycles. The van der Waals surface area contributed by atoms with E-state index in [9.17, 15) is 9.90 Å². The Labute approximate surface area is 222 Å². The maximum Gasteiger partial charge on any atom is 0.306 e. The van der Waals surface area contributed by atoms with Crippen LogP contribution in [0.3, 0.4) is 0 Å². The minimum absolute atomic E-state index is 0.197. The Morgan fingerprint density at radius 1 is 1.03 bits per heavy atom. The van der Waals surface area contributed by atoms with E-state index in [1.54, 1.807) is 0 Å². The number of carboxylic acids is 1. The number of aromatic amines is 1. The van der Waals surface area contributed by atoms with Gasteiger partial charge in [-0.1, -0.05) is 68.3 Å². The first-order valence-corrected chi connectivity index (χ1v) is 13.7. The van der Waals surface area contributed by atoms with Gasteiger partial charge in [0.2, 0.25) is 0 Å². The number of hydrogen-bond acceptors (Lipinski definition) is 6. The zero-order valence-corrected chi connectivity index (χ0v) is 21.9. The highest BCUT2D eigenvalue weighted by Crippen LogP contribution is 2.32. The van der Waals surface area contributed by atoms with Gasteiger partial charge in [0.05, 0.1) is 12.5 Å². The largest absolute Gasteiger partial charge is 0.481 e. The maximum absolute atomic E-state index is 11.4. The maximum atomic E-state index is 11.4. The van der Waals surface area contributed by atoms with E-state index < -0.39 is 5.97 Å². The van der Waals surface area contributed by atoms with E-state index in [4.69, 9.17) is 10.1 Å². The number of H-pyrrole nitrogens is 1. The van der Waals surface area contributed by atoms with Crippen molar-refractivity contribution in [1.29, 1.82) is 0 Å². The van der Waals surface area contributed by atoms with Gasteiger partial charge < -0.3 is 5.11 Å². The fourth-order valence-electron chi connectivity index (χ4n) is 5.39. The van der Waals surface area contributed by atoms with Crippen LogP contribution in [0.4, 0.5) is 0 Å². The lowest BCUT2D eigenvalue weighted by molar-refractivity contribution is -0.143. The lowest BCUT2D eigenvalue weighted by atomic mass is 9.80. The minimum atomic E-state index is -0.659. The fourth-order valence-corrected chi connectivity index (χ4v) is 5.39. The fraction of sp³-hybridized carbons (Fsp3) is 0.448. The number of carbonyl (C=O) groups is 1. The highest BCUT2D eigenvalue weighted by atomic mass is 16.4. The molecule has 9 nitrogen and oxygen atoms in total. The van der Waals surface area contributed by atoms with Gasteiger partial charge in [-0.2, -0.15) is 5.10 Å². The normalized spacial score (nSPS) is 17.5. The second kappa shape index (κ2) is 12.1. The van der Waals surface area contributed by atoms with Crippen LogP contribution in [-0.2, 0) is 24.2 Å². The van der Waals surface area contributed by atoms with Gasteiger partial charge in [-0.05, 0) is 65.1 Å². The standard InChI is InChI=1S/C29H35N7O2/c1-2-3-4-9-26-30-27(18-20-10-16-23(17-11-20)29(37)38)36(33-26)19-21-12-14-22(15-13-21)24-7-5-6-8-25(24)28-31-34-35-32-28/h5-8,12-15,20,23H,2-4,9-11,16-19H2,1H3,(H,37,38)(H,31,32,34,35). The number of aryl methyl sites for hydroxylation is 1. The van der Waals surface area contributed by atoms with Crippen molar-refractivity contribution in [1.82, 2.24) is 35.4 Å². The van der Waals surface area contributed by atoms with Crippen LogP contribution in [-0.4, -0.2) is 46.5 Å². The van der Waals surface area contributed by atoms with Gasteiger partial charge in [0.15, 0.2) is 11.6 Å². The molecule has 0 spiro atoms. The Morgan fingerprint density at radius 2 is 1.79 bits per heavy atom. The first-order chi connectivity index (χ1) is 18.6. The molecule has 0 bridgehead atoms. The second-order valence-electron chi connectivity index (χ2n) is 10.3. The molecule has 5 rings (SSSR count). The van der Waals surface area contributed by atoms with Crippen molar-refractivity contribution >= 4 is 5.97 Å². The summed E-state index contributed by atoms with van der Waals surface area (Å²) in [6, 6.07) is 16.6. The summed E-state index contributed by atoms with van der Waals surface area (Å²) >= 11 is 0. The molecule has 0 aliphatic heterocycles. The average Bonchev–Trinajstić information content (AvgIpc) is 3.60. The molecule has 2 heterocycles. The molecule has 1 saturated carbocycles. The monoisotopic (exact) mass is 513 g/mol. The van der Waals surface area contributed by atoms with Crippen LogP contribution in [0, 0.1) is 11.8 Å². The molecule has 0 unspecified atom stereocenters. The number of nitrogens with one attached hydrogen (secondary N) is 1. The molecule has 1 fully saturated rings. The summed E-state index contributed by atoms with van der Waals surface area (Å²) in [5, 5.41) is 28.6. The number of hydrogen-bond donors (Lipinski definition) is 2. The number of tetrazole rings is 1. The van der Waals surface area contributed by atoms with E-state index in [0.29, 0.717) is 18.3 Å². The van der Waals surface area contributed by atoms with E-state index in [1.165, 1.54) is 12.8 Å². The SMILES string of the molecule is CCCCCc1nc(CC2CCC(C(=O)O)CC2)n(Cc2ccc(-c3ccccc3-c3nnn[nH]3)cc2)n1. The van der Waals surface area contributed by atoms with Crippen LogP contribution in [0.15, 0.2) is 48.5 Å². The number of unbranched alkanes of at least 4 members (excludes halogenated alkanes) is 2. The highest BCUT2D eigenvalue weighted by molar-refractivity contribution is 5.80. The van der Waals surface area contributed by atoms with Crippen LogP contribution >= 0.6 is 0 Å². The van der Waals surface area contributed by atoms with E-state index in [-0.39, 0.29) is 5.92 Å². The van der Waals surface area contributed by atoms with Crippen LogP contribution in [0.2, 0.25) is 0 Å². The first kappa shape index (κ1) is 25.8. The zero-order valence-electron chi connectivity index (χ0n) is 21.9.